The van der Waals surface area contributed by atoms with E-state index in [4.69, 9.17) is 28.5 Å². The van der Waals surface area contributed by atoms with Gasteiger partial charge >= 0.3 is 0 Å². The molecule has 0 saturated heterocycles. The Labute approximate surface area is 121 Å². The molecule has 96 valence electrons. The Morgan fingerprint density at radius 3 is 2.63 bits per heavy atom. The van der Waals surface area contributed by atoms with Crippen LogP contribution in [0, 0.1) is 11.3 Å². The van der Waals surface area contributed by atoms with E-state index in [0.29, 0.717) is 33.4 Å². The number of phenols is 1. The summed E-state index contributed by atoms with van der Waals surface area (Å²) in [6, 6.07) is 12.2. The van der Waals surface area contributed by atoms with Crippen LogP contribution in [0.15, 0.2) is 36.4 Å². The summed E-state index contributed by atoms with van der Waals surface area (Å²) in [5, 5.41) is 22.4. The molecule has 0 aliphatic heterocycles. The number of rotatable bonds is 3. The molecular weight excluding hydrogens is 283 g/mol. The molecule has 19 heavy (non-hydrogen) atoms. The number of nitrogens with one attached hydrogen (secondary N) is 1. The standard InChI is InChI=1S/C14H10Cl2N2O/c15-11-3-1-2-10(14(11)19)8-18-13-5-4-9(7-17)6-12(13)16/h1-6,18-19H,8H2. The van der Waals surface area contributed by atoms with Crippen molar-refractivity contribution in [2.75, 3.05) is 5.32 Å². The fourth-order valence-corrected chi connectivity index (χ4v) is 2.06. The fraction of sp³-hybridized carbons (Fsp3) is 0.0714. The zero-order chi connectivity index (χ0) is 13.8. The summed E-state index contributed by atoms with van der Waals surface area (Å²) in [5.74, 6) is 0.0569. The predicted molar refractivity (Wildman–Crippen MR) is 76.6 cm³/mol. The lowest BCUT2D eigenvalue weighted by Gasteiger charge is -2.10. The van der Waals surface area contributed by atoms with Crippen LogP contribution in [0.25, 0.3) is 0 Å². The Hall–Kier alpha value is -1.89. The molecule has 2 aromatic carbocycles. The van der Waals surface area contributed by atoms with Crippen LogP contribution in [0.4, 0.5) is 5.69 Å². The summed E-state index contributed by atoms with van der Waals surface area (Å²) in [5.41, 5.74) is 1.87. The van der Waals surface area contributed by atoms with Crippen molar-refractivity contribution in [1.82, 2.24) is 0 Å². The lowest BCUT2D eigenvalue weighted by molar-refractivity contribution is 0.469. The van der Waals surface area contributed by atoms with E-state index in [-0.39, 0.29) is 5.75 Å². The van der Waals surface area contributed by atoms with Crippen LogP contribution >= 0.6 is 23.2 Å². The highest BCUT2D eigenvalue weighted by Gasteiger charge is 2.06. The molecule has 2 rings (SSSR count). The van der Waals surface area contributed by atoms with Crippen LogP contribution in [-0.4, -0.2) is 5.11 Å². The maximum Gasteiger partial charge on any atom is 0.139 e. The van der Waals surface area contributed by atoms with Crippen LogP contribution in [0.2, 0.25) is 10.0 Å². The smallest absolute Gasteiger partial charge is 0.139 e. The number of nitriles is 1. The number of hydrogen-bond acceptors (Lipinski definition) is 3. The Balaban J connectivity index is 2.15. The van der Waals surface area contributed by atoms with Crippen LogP contribution in [0.3, 0.4) is 0 Å². The van der Waals surface area contributed by atoms with Gasteiger partial charge in [-0.2, -0.15) is 5.26 Å². The monoisotopic (exact) mass is 292 g/mol. The van der Waals surface area contributed by atoms with E-state index in [0.717, 1.165) is 0 Å². The van der Waals surface area contributed by atoms with E-state index in [9.17, 15) is 5.11 Å². The number of anilines is 1. The molecular formula is C14H10Cl2N2O. The highest BCUT2D eigenvalue weighted by molar-refractivity contribution is 6.33. The summed E-state index contributed by atoms with van der Waals surface area (Å²) in [4.78, 5) is 0. The minimum Gasteiger partial charge on any atom is -0.506 e. The highest BCUT2D eigenvalue weighted by Crippen LogP contribution is 2.29. The zero-order valence-corrected chi connectivity index (χ0v) is 11.3. The van der Waals surface area contributed by atoms with Crippen molar-refractivity contribution in [2.24, 2.45) is 0 Å². The van der Waals surface area contributed by atoms with Crippen molar-refractivity contribution in [2.45, 2.75) is 6.54 Å². The number of halogens is 2. The Bertz CT molecular complexity index is 650. The Morgan fingerprint density at radius 2 is 1.95 bits per heavy atom. The van der Waals surface area contributed by atoms with Gasteiger partial charge in [0, 0.05) is 12.1 Å². The van der Waals surface area contributed by atoms with Crippen molar-refractivity contribution in [1.29, 1.82) is 5.26 Å². The van der Waals surface area contributed by atoms with Gasteiger partial charge in [-0.1, -0.05) is 35.3 Å². The molecule has 0 bridgehead atoms. The second-order valence-electron chi connectivity index (χ2n) is 3.91. The maximum atomic E-state index is 9.78. The first kappa shape index (κ1) is 13.5. The minimum atomic E-state index is 0.0569. The van der Waals surface area contributed by atoms with E-state index in [1.165, 1.54) is 0 Å². The SMILES string of the molecule is N#Cc1ccc(NCc2cccc(Cl)c2O)c(Cl)c1. The molecule has 2 N–H and O–H groups in total. The zero-order valence-electron chi connectivity index (χ0n) is 9.82. The summed E-state index contributed by atoms with van der Waals surface area (Å²) in [7, 11) is 0. The predicted octanol–water partition coefficient (Wildman–Crippen LogP) is 4.18. The number of nitrogens with zero attached hydrogens (tertiary/aromatic N) is 1. The number of para-hydroxylation sites is 1. The lowest BCUT2D eigenvalue weighted by atomic mass is 10.2. The number of aromatic hydroxyl groups is 1. The quantitative estimate of drug-likeness (QED) is 0.892. The summed E-state index contributed by atoms with van der Waals surface area (Å²) >= 11 is 11.9. The number of phenolic OH excluding ortho intramolecular Hbond substituents is 1. The second-order valence-corrected chi connectivity index (χ2v) is 4.72. The van der Waals surface area contributed by atoms with Gasteiger partial charge in [-0.3, -0.25) is 0 Å². The topological polar surface area (TPSA) is 56.0 Å². The maximum absolute atomic E-state index is 9.78. The molecule has 0 heterocycles. The second kappa shape index (κ2) is 5.83. The molecule has 0 aromatic heterocycles. The van der Waals surface area contributed by atoms with E-state index in [1.807, 2.05) is 6.07 Å². The number of benzene rings is 2. The minimum absolute atomic E-state index is 0.0569. The molecule has 0 atom stereocenters. The molecule has 0 aliphatic carbocycles. The third-order valence-electron chi connectivity index (χ3n) is 2.64. The van der Waals surface area contributed by atoms with Crippen molar-refractivity contribution < 1.29 is 5.11 Å². The van der Waals surface area contributed by atoms with Gasteiger partial charge < -0.3 is 10.4 Å². The largest absolute Gasteiger partial charge is 0.506 e. The van der Waals surface area contributed by atoms with Crippen LogP contribution in [0.1, 0.15) is 11.1 Å². The first-order chi connectivity index (χ1) is 9.11. The third-order valence-corrected chi connectivity index (χ3v) is 3.26. The van der Waals surface area contributed by atoms with E-state index >= 15 is 0 Å². The molecule has 3 nitrogen and oxygen atoms in total. The molecule has 0 radical (unpaired) electrons. The van der Waals surface area contributed by atoms with Crippen molar-refractivity contribution in [3.63, 3.8) is 0 Å². The molecule has 0 spiro atoms. The van der Waals surface area contributed by atoms with Gasteiger partial charge in [-0.05, 0) is 24.3 Å². The average molecular weight is 293 g/mol. The summed E-state index contributed by atoms with van der Waals surface area (Å²) < 4.78 is 0. The van der Waals surface area contributed by atoms with Gasteiger partial charge in [0.05, 0.1) is 27.4 Å². The van der Waals surface area contributed by atoms with Crippen molar-refractivity contribution >= 4 is 28.9 Å². The van der Waals surface area contributed by atoms with E-state index < -0.39 is 0 Å². The summed E-state index contributed by atoms with van der Waals surface area (Å²) in [6.07, 6.45) is 0. The molecule has 0 amide bonds. The highest BCUT2D eigenvalue weighted by atomic mass is 35.5. The molecule has 0 aliphatic rings. The first-order valence-electron chi connectivity index (χ1n) is 5.51. The van der Waals surface area contributed by atoms with Crippen LogP contribution in [0.5, 0.6) is 5.75 Å². The first-order valence-corrected chi connectivity index (χ1v) is 6.27. The van der Waals surface area contributed by atoms with Gasteiger partial charge in [0.2, 0.25) is 0 Å². The Morgan fingerprint density at radius 1 is 1.16 bits per heavy atom. The normalized spacial score (nSPS) is 9.95. The third kappa shape index (κ3) is 3.11. The van der Waals surface area contributed by atoms with Gasteiger partial charge in [-0.15, -0.1) is 0 Å². The molecule has 0 fully saturated rings. The van der Waals surface area contributed by atoms with Gasteiger partial charge in [-0.25, -0.2) is 0 Å². The van der Waals surface area contributed by atoms with E-state index in [1.54, 1.807) is 36.4 Å². The van der Waals surface area contributed by atoms with Gasteiger partial charge in [0.1, 0.15) is 5.75 Å². The number of hydrogen-bond donors (Lipinski definition) is 2. The molecule has 2 aromatic rings. The lowest BCUT2D eigenvalue weighted by Crippen LogP contribution is -2.00. The van der Waals surface area contributed by atoms with Gasteiger partial charge in [0.15, 0.2) is 0 Å². The van der Waals surface area contributed by atoms with Crippen LogP contribution < -0.4 is 5.32 Å². The summed E-state index contributed by atoms with van der Waals surface area (Å²) in [6.45, 7) is 0.387. The van der Waals surface area contributed by atoms with E-state index in [2.05, 4.69) is 5.32 Å². The molecule has 0 unspecified atom stereocenters. The van der Waals surface area contributed by atoms with Crippen molar-refractivity contribution in [3.8, 4) is 11.8 Å². The molecule has 5 heteroatoms. The van der Waals surface area contributed by atoms with Crippen molar-refractivity contribution in [3.05, 3.63) is 57.6 Å². The average Bonchev–Trinajstić information content (AvgIpc) is 2.41. The Kier molecular flexibility index (Phi) is 4.16. The van der Waals surface area contributed by atoms with Gasteiger partial charge in [0.25, 0.3) is 0 Å². The van der Waals surface area contributed by atoms with Crippen LogP contribution in [-0.2, 0) is 6.54 Å². The molecule has 0 saturated carbocycles. The fourth-order valence-electron chi connectivity index (χ4n) is 1.62.